The number of hydroxylamine groups is 1. The van der Waals surface area contributed by atoms with E-state index in [1.807, 2.05) is 38.1 Å². The van der Waals surface area contributed by atoms with Gasteiger partial charge in [-0.15, -0.1) is 0 Å². The van der Waals surface area contributed by atoms with Gasteiger partial charge in [0.2, 0.25) is 0 Å². The first kappa shape index (κ1) is 12.9. The molecule has 0 aliphatic heterocycles. The van der Waals surface area contributed by atoms with Crippen LogP contribution < -0.4 is 10.2 Å². The van der Waals surface area contributed by atoms with Gasteiger partial charge in [-0.25, -0.2) is 0 Å². The lowest BCUT2D eigenvalue weighted by atomic mass is 10.2. The van der Waals surface area contributed by atoms with Crippen molar-refractivity contribution in [3.8, 4) is 5.75 Å². The molecule has 0 amide bonds. The van der Waals surface area contributed by atoms with E-state index in [0.29, 0.717) is 5.84 Å². The lowest BCUT2D eigenvalue weighted by Gasteiger charge is -2.09. The molecule has 0 atom stereocenters. The van der Waals surface area contributed by atoms with Crippen molar-refractivity contribution in [3.05, 3.63) is 29.8 Å². The van der Waals surface area contributed by atoms with Crippen LogP contribution in [0, 0.1) is 5.92 Å². The normalized spacial score (nSPS) is 15.9. The summed E-state index contributed by atoms with van der Waals surface area (Å²) in [6.07, 6.45) is 2.58. The van der Waals surface area contributed by atoms with Crippen molar-refractivity contribution >= 4 is 5.84 Å². The first-order valence-corrected chi connectivity index (χ1v) is 6.40. The maximum atomic E-state index is 9.07. The number of hydrogen-bond donors (Lipinski definition) is 2. The van der Waals surface area contributed by atoms with E-state index in [0.717, 1.165) is 23.8 Å². The van der Waals surface area contributed by atoms with Crippen molar-refractivity contribution in [2.24, 2.45) is 10.9 Å². The van der Waals surface area contributed by atoms with Crippen LogP contribution in [0.15, 0.2) is 29.3 Å². The number of nitrogens with zero attached hydrogens (tertiary/aromatic N) is 1. The Morgan fingerprint density at radius 2 is 2.06 bits per heavy atom. The fourth-order valence-corrected chi connectivity index (χ4v) is 1.63. The quantitative estimate of drug-likeness (QED) is 0.478. The number of rotatable bonds is 5. The Morgan fingerprint density at radius 1 is 1.39 bits per heavy atom. The average molecular weight is 248 g/mol. The van der Waals surface area contributed by atoms with Crippen molar-refractivity contribution in [2.75, 3.05) is 6.61 Å². The lowest BCUT2D eigenvalue weighted by molar-refractivity contribution is 0.234. The second-order valence-corrected chi connectivity index (χ2v) is 4.96. The number of amidine groups is 1. The first-order chi connectivity index (χ1) is 8.69. The van der Waals surface area contributed by atoms with Gasteiger partial charge >= 0.3 is 0 Å². The van der Waals surface area contributed by atoms with Crippen LogP contribution in [0.1, 0.15) is 32.3 Å². The minimum absolute atomic E-state index is 0.130. The summed E-state index contributed by atoms with van der Waals surface area (Å²) < 4.78 is 5.66. The highest BCUT2D eigenvalue weighted by molar-refractivity contribution is 5.98. The number of aliphatic imine (C=N–C) groups is 1. The van der Waals surface area contributed by atoms with E-state index < -0.39 is 0 Å². The molecule has 4 nitrogen and oxygen atoms in total. The molecule has 0 unspecified atom stereocenters. The number of benzene rings is 1. The second-order valence-electron chi connectivity index (χ2n) is 4.96. The minimum atomic E-state index is 0.130. The van der Waals surface area contributed by atoms with Crippen LogP contribution >= 0.6 is 0 Å². The van der Waals surface area contributed by atoms with E-state index in [4.69, 9.17) is 9.94 Å². The largest absolute Gasteiger partial charge is 0.493 e. The van der Waals surface area contributed by atoms with Gasteiger partial charge in [-0.1, -0.05) is 0 Å². The zero-order valence-corrected chi connectivity index (χ0v) is 10.9. The maximum absolute atomic E-state index is 9.07. The van der Waals surface area contributed by atoms with Gasteiger partial charge in [0.25, 0.3) is 0 Å². The van der Waals surface area contributed by atoms with Gasteiger partial charge in [0, 0.05) is 11.6 Å². The molecule has 2 N–H and O–H groups in total. The van der Waals surface area contributed by atoms with E-state index in [-0.39, 0.29) is 6.04 Å². The highest BCUT2D eigenvalue weighted by Gasteiger charge is 2.21. The molecule has 2 rings (SSSR count). The minimum Gasteiger partial charge on any atom is -0.493 e. The molecule has 0 bridgehead atoms. The summed E-state index contributed by atoms with van der Waals surface area (Å²) >= 11 is 0. The van der Waals surface area contributed by atoms with E-state index in [9.17, 15) is 0 Å². The fraction of sp³-hybridized carbons (Fsp3) is 0.500. The van der Waals surface area contributed by atoms with Crippen molar-refractivity contribution in [1.82, 2.24) is 5.48 Å². The van der Waals surface area contributed by atoms with Crippen molar-refractivity contribution in [3.63, 3.8) is 0 Å². The Labute approximate surface area is 108 Å². The average Bonchev–Trinajstić information content (AvgIpc) is 3.18. The summed E-state index contributed by atoms with van der Waals surface area (Å²) in [4.78, 5) is 4.29. The molecule has 0 saturated heterocycles. The van der Waals surface area contributed by atoms with Crippen LogP contribution in [-0.2, 0) is 0 Å². The summed E-state index contributed by atoms with van der Waals surface area (Å²) in [5.41, 5.74) is 2.99. The van der Waals surface area contributed by atoms with Crippen LogP contribution in [0.3, 0.4) is 0 Å². The molecule has 1 aliphatic carbocycles. The summed E-state index contributed by atoms with van der Waals surface area (Å²) in [6, 6.07) is 7.74. The van der Waals surface area contributed by atoms with Gasteiger partial charge in [0.15, 0.2) is 5.84 Å². The highest BCUT2D eigenvalue weighted by atomic mass is 16.5. The summed E-state index contributed by atoms with van der Waals surface area (Å²) in [7, 11) is 0. The molecule has 18 heavy (non-hydrogen) atoms. The topological polar surface area (TPSA) is 53.9 Å². The molecule has 1 aromatic rings. The molecule has 98 valence electrons. The third-order valence-corrected chi connectivity index (χ3v) is 2.80. The van der Waals surface area contributed by atoms with Gasteiger partial charge in [0.05, 0.1) is 6.61 Å². The summed E-state index contributed by atoms with van der Waals surface area (Å²) in [5, 5.41) is 9.07. The zero-order valence-electron chi connectivity index (χ0n) is 10.9. The third-order valence-electron chi connectivity index (χ3n) is 2.80. The molecular weight excluding hydrogens is 228 g/mol. The van der Waals surface area contributed by atoms with Gasteiger partial charge in [-0.2, -0.15) is 0 Å². The maximum Gasteiger partial charge on any atom is 0.152 e. The Kier molecular flexibility index (Phi) is 4.20. The van der Waals surface area contributed by atoms with Crippen LogP contribution in [0.2, 0.25) is 0 Å². The number of hydrogen-bond acceptors (Lipinski definition) is 3. The third kappa shape index (κ3) is 3.74. The van der Waals surface area contributed by atoms with E-state index in [2.05, 4.69) is 10.5 Å². The Morgan fingerprint density at radius 3 is 2.56 bits per heavy atom. The second kappa shape index (κ2) is 5.87. The zero-order chi connectivity index (χ0) is 13.0. The van der Waals surface area contributed by atoms with Crippen LogP contribution in [0.25, 0.3) is 0 Å². The molecule has 0 spiro atoms. The fourth-order valence-electron chi connectivity index (χ4n) is 1.63. The molecule has 1 fully saturated rings. The van der Waals surface area contributed by atoms with Gasteiger partial charge < -0.3 is 4.74 Å². The Bertz CT molecular complexity index is 408. The monoisotopic (exact) mass is 248 g/mol. The van der Waals surface area contributed by atoms with Crippen molar-refractivity contribution < 1.29 is 9.94 Å². The van der Waals surface area contributed by atoms with Crippen LogP contribution in [0.4, 0.5) is 0 Å². The van der Waals surface area contributed by atoms with Crippen LogP contribution in [0.5, 0.6) is 5.75 Å². The molecule has 0 heterocycles. The van der Waals surface area contributed by atoms with Gasteiger partial charge in [0.1, 0.15) is 5.75 Å². The lowest BCUT2D eigenvalue weighted by Crippen LogP contribution is -2.21. The molecule has 1 saturated carbocycles. The summed E-state index contributed by atoms with van der Waals surface area (Å²) in [6.45, 7) is 4.74. The molecule has 0 radical (unpaired) electrons. The predicted octanol–water partition coefficient (Wildman–Crippen LogP) is 2.61. The predicted molar refractivity (Wildman–Crippen MR) is 71.3 cm³/mol. The van der Waals surface area contributed by atoms with Crippen LogP contribution in [-0.4, -0.2) is 23.7 Å². The molecular formula is C14H20N2O2. The standard InChI is InChI=1S/C14H20N2O2/c1-10(2)15-14(16-17)12-5-7-13(8-6-12)18-9-11-3-4-11/h5-8,10-11,17H,3-4,9H2,1-2H3,(H,15,16). The first-order valence-electron chi connectivity index (χ1n) is 6.40. The van der Waals surface area contributed by atoms with E-state index in [1.165, 1.54) is 12.8 Å². The van der Waals surface area contributed by atoms with E-state index in [1.54, 1.807) is 0 Å². The van der Waals surface area contributed by atoms with Gasteiger partial charge in [-0.3, -0.25) is 15.7 Å². The van der Waals surface area contributed by atoms with Gasteiger partial charge in [-0.05, 0) is 56.9 Å². The van der Waals surface area contributed by atoms with Crippen molar-refractivity contribution in [1.29, 1.82) is 0 Å². The molecule has 0 aromatic heterocycles. The highest BCUT2D eigenvalue weighted by Crippen LogP contribution is 2.29. The number of nitrogens with one attached hydrogen (secondary N) is 1. The Hall–Kier alpha value is -1.55. The SMILES string of the molecule is CC(C)N=C(NO)c1ccc(OCC2CC2)cc1. The number of ether oxygens (including phenoxy) is 1. The van der Waals surface area contributed by atoms with E-state index >= 15 is 0 Å². The molecule has 1 aromatic carbocycles. The van der Waals surface area contributed by atoms with Crippen molar-refractivity contribution in [2.45, 2.75) is 32.7 Å². The Balaban J connectivity index is 2.00. The molecule has 4 heteroatoms. The smallest absolute Gasteiger partial charge is 0.152 e. The summed E-state index contributed by atoms with van der Waals surface area (Å²) in [5.74, 6) is 2.10. The molecule has 1 aliphatic rings.